The van der Waals surface area contributed by atoms with E-state index < -0.39 is 29.2 Å². The Morgan fingerprint density at radius 2 is 2.18 bits per heavy atom. The Morgan fingerprint density at radius 1 is 1.59 bits per heavy atom. The minimum atomic E-state index is -4.93. The van der Waals surface area contributed by atoms with E-state index in [4.69, 9.17) is 0 Å². The van der Waals surface area contributed by atoms with Crippen LogP contribution in [0.2, 0.25) is 0 Å². The van der Waals surface area contributed by atoms with Gasteiger partial charge >= 0.3 is 12.1 Å². The summed E-state index contributed by atoms with van der Waals surface area (Å²) < 4.78 is 46.1. The fourth-order valence-electron chi connectivity index (χ4n) is 0.946. The number of hydrogen-bond acceptors (Lipinski definition) is 5. The van der Waals surface area contributed by atoms with E-state index in [0.717, 1.165) is 0 Å². The van der Waals surface area contributed by atoms with E-state index in [1.54, 1.807) is 0 Å². The molecule has 0 saturated heterocycles. The number of hydrogen-bond donors (Lipinski definition) is 1. The van der Waals surface area contributed by atoms with Gasteiger partial charge in [0, 0.05) is 6.07 Å². The Kier molecular flexibility index (Phi) is 3.46. The average molecular weight is 253 g/mol. The number of nitrogens with zero attached hydrogens (tertiary/aromatic N) is 1. The molecular weight excluding hydrogens is 243 g/mol. The lowest BCUT2D eigenvalue weighted by Gasteiger charge is -2.22. The largest absolute Gasteiger partial charge is 0.461 e. The second kappa shape index (κ2) is 4.36. The van der Waals surface area contributed by atoms with Crippen LogP contribution in [0, 0.1) is 0 Å². The molecule has 96 valence electrons. The molecule has 1 heterocycles. The second-order valence-electron chi connectivity index (χ2n) is 3.37. The van der Waals surface area contributed by atoms with Crippen LogP contribution in [0.25, 0.3) is 0 Å². The third-order valence-corrected chi connectivity index (χ3v) is 2.03. The number of halogens is 3. The average Bonchev–Trinajstić information content (AvgIpc) is 2.65. The van der Waals surface area contributed by atoms with E-state index in [9.17, 15) is 23.1 Å². The van der Waals surface area contributed by atoms with Gasteiger partial charge in [0.15, 0.2) is 11.5 Å². The van der Waals surface area contributed by atoms with Crippen molar-refractivity contribution in [1.29, 1.82) is 0 Å². The van der Waals surface area contributed by atoms with E-state index in [0.29, 0.717) is 13.0 Å². The molecule has 0 spiro atoms. The maximum Gasteiger partial charge on any atom is 0.424 e. The van der Waals surface area contributed by atoms with Crippen molar-refractivity contribution in [3.63, 3.8) is 0 Å². The zero-order valence-electron chi connectivity index (χ0n) is 9.04. The third kappa shape index (κ3) is 2.57. The molecule has 0 saturated carbocycles. The van der Waals surface area contributed by atoms with Gasteiger partial charge in [-0.25, -0.2) is 4.79 Å². The molecule has 1 rings (SSSR count). The Labute approximate surface area is 94.2 Å². The fraction of sp³-hybridized carbons (Fsp3) is 0.556. The Balaban J connectivity index is 2.99. The second-order valence-corrected chi connectivity index (χ2v) is 3.37. The van der Waals surface area contributed by atoms with Crippen LogP contribution in [0.4, 0.5) is 13.2 Å². The molecule has 1 aromatic heterocycles. The van der Waals surface area contributed by atoms with Gasteiger partial charge in [0.2, 0.25) is 5.60 Å². The minimum absolute atomic E-state index is 0.0523. The minimum Gasteiger partial charge on any atom is -0.461 e. The SMILES string of the molecule is CCOC(=O)c1cc(C(C)(O)C(F)(F)F)on1. The van der Waals surface area contributed by atoms with Crippen LogP contribution in [0.3, 0.4) is 0 Å². The van der Waals surface area contributed by atoms with Crippen LogP contribution >= 0.6 is 0 Å². The molecule has 1 N–H and O–H groups in total. The van der Waals surface area contributed by atoms with Crippen molar-refractivity contribution < 1.29 is 32.3 Å². The van der Waals surface area contributed by atoms with Crippen LogP contribution < -0.4 is 0 Å². The maximum absolute atomic E-state index is 12.4. The summed E-state index contributed by atoms with van der Waals surface area (Å²) in [6.45, 7) is 2.09. The standard InChI is InChI=1S/C9H10F3NO4/c1-3-16-7(14)5-4-6(17-13-5)8(2,15)9(10,11)12/h4,15H,3H2,1-2H3. The van der Waals surface area contributed by atoms with Gasteiger partial charge in [-0.3, -0.25) is 0 Å². The molecule has 1 atom stereocenters. The predicted molar refractivity (Wildman–Crippen MR) is 48.1 cm³/mol. The number of aromatic nitrogens is 1. The first-order valence-electron chi connectivity index (χ1n) is 4.63. The molecule has 1 unspecified atom stereocenters. The van der Waals surface area contributed by atoms with Crippen molar-refractivity contribution in [3.05, 3.63) is 17.5 Å². The van der Waals surface area contributed by atoms with Crippen LogP contribution in [0.5, 0.6) is 0 Å². The smallest absolute Gasteiger partial charge is 0.424 e. The first-order chi connectivity index (χ1) is 7.70. The van der Waals surface area contributed by atoms with Crippen molar-refractivity contribution in [2.75, 3.05) is 6.61 Å². The highest BCUT2D eigenvalue weighted by atomic mass is 19.4. The molecule has 0 amide bonds. The normalized spacial score (nSPS) is 15.4. The van der Waals surface area contributed by atoms with Gasteiger partial charge in [-0.1, -0.05) is 5.16 Å². The van der Waals surface area contributed by atoms with Crippen LogP contribution in [-0.2, 0) is 10.3 Å². The number of alkyl halides is 3. The van der Waals surface area contributed by atoms with Crippen LogP contribution in [0.15, 0.2) is 10.6 Å². The van der Waals surface area contributed by atoms with Crippen molar-refractivity contribution in [2.45, 2.75) is 25.6 Å². The summed E-state index contributed by atoms with van der Waals surface area (Å²) in [5.41, 5.74) is -3.63. The van der Waals surface area contributed by atoms with E-state index in [-0.39, 0.29) is 6.61 Å². The van der Waals surface area contributed by atoms with Crippen molar-refractivity contribution in [3.8, 4) is 0 Å². The molecular formula is C9H10F3NO4. The van der Waals surface area contributed by atoms with Gasteiger partial charge in [-0.2, -0.15) is 13.2 Å². The Morgan fingerprint density at radius 3 is 2.65 bits per heavy atom. The fourth-order valence-corrected chi connectivity index (χ4v) is 0.946. The summed E-state index contributed by atoms with van der Waals surface area (Å²) in [5.74, 6) is -1.78. The van der Waals surface area contributed by atoms with E-state index in [1.165, 1.54) is 6.92 Å². The summed E-state index contributed by atoms with van der Waals surface area (Å²) in [4.78, 5) is 11.1. The zero-order chi connectivity index (χ0) is 13.3. The number of rotatable bonds is 3. The maximum atomic E-state index is 12.4. The Hall–Kier alpha value is -1.57. The van der Waals surface area contributed by atoms with Crippen molar-refractivity contribution >= 4 is 5.97 Å². The summed E-state index contributed by atoms with van der Waals surface area (Å²) in [5, 5.41) is 12.3. The molecule has 8 heteroatoms. The number of carbonyl (C=O) groups is 1. The topological polar surface area (TPSA) is 72.6 Å². The molecule has 17 heavy (non-hydrogen) atoms. The lowest BCUT2D eigenvalue weighted by molar-refractivity contribution is -0.265. The van der Waals surface area contributed by atoms with E-state index in [2.05, 4.69) is 14.4 Å². The molecule has 0 aromatic carbocycles. The van der Waals surface area contributed by atoms with Gasteiger partial charge in [0.05, 0.1) is 6.61 Å². The van der Waals surface area contributed by atoms with Crippen molar-refractivity contribution in [2.24, 2.45) is 0 Å². The summed E-state index contributed by atoms with van der Waals surface area (Å²) in [6.07, 6.45) is -4.93. The molecule has 0 radical (unpaired) electrons. The van der Waals surface area contributed by atoms with E-state index >= 15 is 0 Å². The number of aliphatic hydroxyl groups is 1. The first kappa shape index (κ1) is 13.5. The van der Waals surface area contributed by atoms with Crippen LogP contribution in [0.1, 0.15) is 30.1 Å². The van der Waals surface area contributed by atoms with Gasteiger partial charge in [-0.15, -0.1) is 0 Å². The van der Waals surface area contributed by atoms with Crippen LogP contribution in [-0.4, -0.2) is 29.0 Å². The number of ether oxygens (including phenoxy) is 1. The molecule has 0 bridgehead atoms. The third-order valence-electron chi connectivity index (χ3n) is 2.03. The van der Waals surface area contributed by atoms with Gasteiger partial charge in [0.25, 0.3) is 0 Å². The molecule has 5 nitrogen and oxygen atoms in total. The molecule has 1 aromatic rings. The highest BCUT2D eigenvalue weighted by Crippen LogP contribution is 2.38. The molecule has 0 aliphatic heterocycles. The van der Waals surface area contributed by atoms with E-state index in [1.807, 2.05) is 0 Å². The first-order valence-corrected chi connectivity index (χ1v) is 4.63. The summed E-state index contributed by atoms with van der Waals surface area (Å²) in [7, 11) is 0. The van der Waals surface area contributed by atoms with Crippen molar-refractivity contribution in [1.82, 2.24) is 5.16 Å². The predicted octanol–water partition coefficient (Wildman–Crippen LogP) is 1.62. The number of esters is 1. The monoisotopic (exact) mass is 253 g/mol. The highest BCUT2D eigenvalue weighted by molar-refractivity contribution is 5.87. The summed E-state index contributed by atoms with van der Waals surface area (Å²) in [6, 6.07) is 0.700. The van der Waals surface area contributed by atoms with Gasteiger partial charge in [-0.05, 0) is 13.8 Å². The summed E-state index contributed by atoms with van der Waals surface area (Å²) >= 11 is 0. The molecule has 0 aliphatic carbocycles. The number of carbonyl (C=O) groups excluding carboxylic acids is 1. The molecule has 0 aliphatic rings. The van der Waals surface area contributed by atoms with Gasteiger partial charge in [0.1, 0.15) is 0 Å². The molecule has 0 fully saturated rings. The quantitative estimate of drug-likeness (QED) is 0.828. The zero-order valence-corrected chi connectivity index (χ0v) is 9.04. The Bertz CT molecular complexity index is 411. The highest BCUT2D eigenvalue weighted by Gasteiger charge is 2.54. The lowest BCUT2D eigenvalue weighted by Crippen LogP contribution is -2.38. The lowest BCUT2D eigenvalue weighted by atomic mass is 10.0. The van der Waals surface area contributed by atoms with Gasteiger partial charge < -0.3 is 14.4 Å².